The van der Waals surface area contributed by atoms with Gasteiger partial charge < -0.3 is 24.7 Å². The van der Waals surface area contributed by atoms with Crippen LogP contribution in [0, 0.1) is 5.92 Å². The molecule has 0 spiro atoms. The molecule has 0 aliphatic carbocycles. The molecule has 34 heavy (non-hydrogen) atoms. The minimum absolute atomic E-state index is 0.130. The number of rotatable bonds is 12. The first-order chi connectivity index (χ1) is 16.3. The quantitative estimate of drug-likeness (QED) is 0.389. The zero-order valence-electron chi connectivity index (χ0n) is 20.5. The fourth-order valence-electron chi connectivity index (χ4n) is 3.77. The summed E-state index contributed by atoms with van der Waals surface area (Å²) in [5.74, 6) is -0.468. The number of ether oxygens (including phenoxy) is 2. The Labute approximate surface area is 199 Å². The van der Waals surface area contributed by atoms with Crippen LogP contribution < -0.4 is 10.6 Å². The van der Waals surface area contributed by atoms with Crippen molar-refractivity contribution in [2.75, 3.05) is 31.5 Å². The monoisotopic (exact) mass is 470 g/mol. The third-order valence-corrected chi connectivity index (χ3v) is 5.51. The van der Waals surface area contributed by atoms with E-state index in [9.17, 15) is 9.59 Å². The lowest BCUT2D eigenvalue weighted by atomic mass is 10.1. The minimum atomic E-state index is -0.531. The number of nitrogens with zero attached hydrogens (tertiary/aromatic N) is 4. The molecule has 3 heterocycles. The molecule has 10 heteroatoms. The number of nitrogens with one attached hydrogen (secondary N) is 2. The third kappa shape index (κ3) is 6.13. The molecule has 0 fully saturated rings. The number of carbonyl (C=O) groups excluding carboxylic acids is 2. The van der Waals surface area contributed by atoms with E-state index in [4.69, 9.17) is 9.47 Å². The van der Waals surface area contributed by atoms with Crippen LogP contribution in [0.1, 0.15) is 44.1 Å². The summed E-state index contributed by atoms with van der Waals surface area (Å²) in [6.07, 6.45) is 7.15. The molecule has 184 valence electrons. The molecule has 3 aromatic heterocycles. The van der Waals surface area contributed by atoms with E-state index >= 15 is 0 Å². The van der Waals surface area contributed by atoms with Gasteiger partial charge in [0.25, 0.3) is 0 Å². The SMILES string of the molecule is COCC(=O)Nc1c(C(=O)OC)n(CCC(C)C)c2ncc(N[C@H](C)CCn3cccn3)cc12. The Hall–Kier alpha value is -3.40. The summed E-state index contributed by atoms with van der Waals surface area (Å²) in [5, 5.41) is 11.2. The molecule has 0 aromatic carbocycles. The fraction of sp³-hybridized carbons (Fsp3) is 0.500. The fourth-order valence-corrected chi connectivity index (χ4v) is 3.77. The lowest BCUT2D eigenvalue weighted by molar-refractivity contribution is -0.119. The van der Waals surface area contributed by atoms with Gasteiger partial charge >= 0.3 is 5.97 Å². The van der Waals surface area contributed by atoms with Crippen LogP contribution in [0.15, 0.2) is 30.7 Å². The molecule has 1 atom stereocenters. The second-order valence-electron chi connectivity index (χ2n) is 8.73. The molecule has 0 bridgehead atoms. The zero-order chi connectivity index (χ0) is 24.7. The Kier molecular flexibility index (Phi) is 8.64. The highest BCUT2D eigenvalue weighted by Crippen LogP contribution is 2.33. The molecule has 3 rings (SSSR count). The smallest absolute Gasteiger partial charge is 0.356 e. The van der Waals surface area contributed by atoms with Crippen LogP contribution in [0.25, 0.3) is 11.0 Å². The maximum atomic E-state index is 12.8. The van der Waals surface area contributed by atoms with E-state index < -0.39 is 5.97 Å². The predicted octanol–water partition coefficient (Wildman–Crippen LogP) is 3.54. The Balaban J connectivity index is 1.97. The molecule has 0 saturated heterocycles. The van der Waals surface area contributed by atoms with Crippen molar-refractivity contribution in [2.24, 2.45) is 5.92 Å². The molecule has 0 aliphatic heterocycles. The summed E-state index contributed by atoms with van der Waals surface area (Å²) >= 11 is 0. The van der Waals surface area contributed by atoms with Crippen LogP contribution in [-0.2, 0) is 27.4 Å². The number of pyridine rings is 1. The number of amides is 1. The summed E-state index contributed by atoms with van der Waals surface area (Å²) < 4.78 is 13.7. The average Bonchev–Trinajstić information content (AvgIpc) is 3.42. The predicted molar refractivity (Wildman–Crippen MR) is 131 cm³/mol. The number of anilines is 2. The molecule has 10 nitrogen and oxygen atoms in total. The van der Waals surface area contributed by atoms with Gasteiger partial charge in [0, 0.05) is 44.0 Å². The topological polar surface area (TPSA) is 112 Å². The van der Waals surface area contributed by atoms with Crippen LogP contribution in [0.3, 0.4) is 0 Å². The lowest BCUT2D eigenvalue weighted by Crippen LogP contribution is -2.20. The molecule has 0 aliphatic rings. The summed E-state index contributed by atoms with van der Waals surface area (Å²) in [4.78, 5) is 29.9. The van der Waals surface area contributed by atoms with Gasteiger partial charge in [-0.25, -0.2) is 9.78 Å². The Morgan fingerprint density at radius 1 is 1.15 bits per heavy atom. The maximum Gasteiger partial charge on any atom is 0.356 e. The van der Waals surface area contributed by atoms with Crippen LogP contribution in [0.5, 0.6) is 0 Å². The molecule has 0 saturated carbocycles. The first kappa shape index (κ1) is 25.2. The Bertz CT molecular complexity index is 1110. The van der Waals surface area contributed by atoms with Crippen molar-refractivity contribution in [1.82, 2.24) is 19.3 Å². The van der Waals surface area contributed by atoms with Gasteiger partial charge in [-0.3, -0.25) is 9.48 Å². The molecule has 0 unspecified atom stereocenters. The molecular weight excluding hydrogens is 436 g/mol. The van der Waals surface area contributed by atoms with E-state index in [-0.39, 0.29) is 24.2 Å². The maximum absolute atomic E-state index is 12.8. The number of fused-ring (bicyclic) bond motifs is 1. The minimum Gasteiger partial charge on any atom is -0.464 e. The van der Waals surface area contributed by atoms with E-state index in [0.29, 0.717) is 29.2 Å². The summed E-state index contributed by atoms with van der Waals surface area (Å²) in [6.45, 7) is 7.54. The van der Waals surface area contributed by atoms with Gasteiger partial charge in [0.1, 0.15) is 12.3 Å². The number of aromatic nitrogens is 4. The van der Waals surface area contributed by atoms with Gasteiger partial charge in [0.05, 0.1) is 24.7 Å². The van der Waals surface area contributed by atoms with Crippen LogP contribution in [-0.4, -0.2) is 58.1 Å². The largest absolute Gasteiger partial charge is 0.464 e. The van der Waals surface area contributed by atoms with E-state index in [1.807, 2.05) is 27.6 Å². The van der Waals surface area contributed by atoms with Gasteiger partial charge in [-0.1, -0.05) is 13.8 Å². The van der Waals surface area contributed by atoms with Crippen molar-refractivity contribution >= 4 is 34.3 Å². The van der Waals surface area contributed by atoms with Crippen molar-refractivity contribution in [3.63, 3.8) is 0 Å². The number of methoxy groups -OCH3 is 2. The number of esters is 1. The number of carbonyl (C=O) groups is 2. The van der Waals surface area contributed by atoms with E-state index in [2.05, 4.69) is 41.5 Å². The second kappa shape index (κ2) is 11.6. The number of hydrogen-bond acceptors (Lipinski definition) is 7. The van der Waals surface area contributed by atoms with Gasteiger partial charge in [0.15, 0.2) is 5.69 Å². The summed E-state index contributed by atoms with van der Waals surface area (Å²) in [7, 11) is 2.77. The van der Waals surface area contributed by atoms with Crippen molar-refractivity contribution in [1.29, 1.82) is 0 Å². The van der Waals surface area contributed by atoms with Crippen LogP contribution in [0.4, 0.5) is 11.4 Å². The highest BCUT2D eigenvalue weighted by Gasteiger charge is 2.26. The van der Waals surface area contributed by atoms with E-state index in [1.165, 1.54) is 14.2 Å². The highest BCUT2D eigenvalue weighted by atomic mass is 16.5. The normalized spacial score (nSPS) is 12.2. The first-order valence-corrected chi connectivity index (χ1v) is 11.5. The summed E-state index contributed by atoms with van der Waals surface area (Å²) in [5.41, 5.74) is 2.07. The van der Waals surface area contributed by atoms with Crippen LogP contribution in [0.2, 0.25) is 0 Å². The molecule has 3 aromatic rings. The standard InChI is InChI=1S/C24H34N6O4/c1-16(2)7-12-30-22(24(32)34-5)21(28-20(31)15-33-4)19-13-18(14-25-23(19)30)27-17(3)8-11-29-10-6-9-26-29/h6,9-10,13-14,16-17,27H,7-8,11-12,15H2,1-5H3,(H,28,31)/t17-/m1/s1. The van der Waals surface area contributed by atoms with Crippen molar-refractivity contribution in [3.8, 4) is 0 Å². The van der Waals surface area contributed by atoms with Gasteiger partial charge in [0.2, 0.25) is 5.91 Å². The van der Waals surface area contributed by atoms with Gasteiger partial charge in [-0.05, 0) is 37.8 Å². The second-order valence-corrected chi connectivity index (χ2v) is 8.73. The molecular formula is C24H34N6O4. The lowest BCUT2D eigenvalue weighted by Gasteiger charge is -2.15. The number of hydrogen-bond donors (Lipinski definition) is 2. The third-order valence-electron chi connectivity index (χ3n) is 5.51. The average molecular weight is 471 g/mol. The zero-order valence-corrected chi connectivity index (χ0v) is 20.5. The van der Waals surface area contributed by atoms with Crippen molar-refractivity contribution in [3.05, 3.63) is 36.4 Å². The Morgan fingerprint density at radius 2 is 1.94 bits per heavy atom. The number of aryl methyl sites for hydroxylation is 2. The van der Waals surface area contributed by atoms with Gasteiger partial charge in [-0.2, -0.15) is 5.10 Å². The highest BCUT2D eigenvalue weighted by molar-refractivity contribution is 6.11. The van der Waals surface area contributed by atoms with Gasteiger partial charge in [-0.15, -0.1) is 0 Å². The van der Waals surface area contributed by atoms with Crippen molar-refractivity contribution < 1.29 is 19.1 Å². The summed E-state index contributed by atoms with van der Waals surface area (Å²) in [6, 6.07) is 3.96. The van der Waals surface area contributed by atoms with Crippen molar-refractivity contribution in [2.45, 2.75) is 52.7 Å². The molecule has 2 N–H and O–H groups in total. The van der Waals surface area contributed by atoms with E-state index in [0.717, 1.165) is 25.1 Å². The molecule has 0 radical (unpaired) electrons. The molecule has 1 amide bonds. The van der Waals surface area contributed by atoms with E-state index in [1.54, 1.807) is 12.4 Å². The Morgan fingerprint density at radius 3 is 2.59 bits per heavy atom. The first-order valence-electron chi connectivity index (χ1n) is 11.5. The van der Waals surface area contributed by atoms with Crippen LogP contribution >= 0.6 is 0 Å².